The Morgan fingerprint density at radius 1 is 1.14 bits per heavy atom. The fourth-order valence-corrected chi connectivity index (χ4v) is 4.35. The molecule has 1 amide bonds. The highest BCUT2D eigenvalue weighted by molar-refractivity contribution is 5.94. The lowest BCUT2D eigenvalue weighted by molar-refractivity contribution is 0.0114. The highest BCUT2D eigenvalue weighted by atomic mass is 16.5. The molecule has 2 aromatic heterocycles. The van der Waals surface area contributed by atoms with Crippen LogP contribution in [0.1, 0.15) is 28.6 Å². The van der Waals surface area contributed by atoms with Crippen LogP contribution in [0.2, 0.25) is 0 Å². The Balaban J connectivity index is 1.28. The first-order chi connectivity index (χ1) is 13.6. The van der Waals surface area contributed by atoms with Crippen LogP contribution in [-0.4, -0.2) is 62.5 Å². The molecular weight excluding hydrogens is 356 g/mol. The van der Waals surface area contributed by atoms with E-state index in [1.54, 1.807) is 12.4 Å². The van der Waals surface area contributed by atoms with Gasteiger partial charge in [0, 0.05) is 43.0 Å². The van der Waals surface area contributed by atoms with Gasteiger partial charge in [0.2, 0.25) is 0 Å². The molecule has 0 bridgehead atoms. The zero-order valence-electron chi connectivity index (χ0n) is 15.5. The van der Waals surface area contributed by atoms with Gasteiger partial charge in [0.05, 0.1) is 11.6 Å². The Morgan fingerprint density at radius 3 is 2.64 bits per heavy atom. The van der Waals surface area contributed by atoms with Crippen molar-refractivity contribution in [2.75, 3.05) is 26.7 Å². The van der Waals surface area contributed by atoms with Crippen molar-refractivity contribution in [1.82, 2.24) is 29.9 Å². The van der Waals surface area contributed by atoms with Crippen LogP contribution in [0.25, 0.3) is 11.5 Å². The largest absolute Gasteiger partial charge is 0.337 e. The third-order valence-electron chi connectivity index (χ3n) is 5.65. The van der Waals surface area contributed by atoms with Gasteiger partial charge in [-0.05, 0) is 25.6 Å². The van der Waals surface area contributed by atoms with Crippen LogP contribution < -0.4 is 0 Å². The summed E-state index contributed by atoms with van der Waals surface area (Å²) in [7, 11) is 2.08. The van der Waals surface area contributed by atoms with E-state index >= 15 is 0 Å². The molecule has 0 saturated carbocycles. The van der Waals surface area contributed by atoms with Crippen molar-refractivity contribution in [3.63, 3.8) is 0 Å². The second kappa shape index (κ2) is 6.49. The smallest absolute Gasteiger partial charge is 0.257 e. The number of rotatable bonds is 3. The van der Waals surface area contributed by atoms with E-state index < -0.39 is 0 Å². The van der Waals surface area contributed by atoms with E-state index in [9.17, 15) is 4.79 Å². The SMILES string of the molecule is CN1CC2(CC1c1noc(-c3ccccc3)n1)CN(C(=O)c1cncnc1)C2. The Labute approximate surface area is 162 Å². The van der Waals surface area contributed by atoms with E-state index in [2.05, 4.69) is 32.1 Å². The van der Waals surface area contributed by atoms with Crippen molar-refractivity contribution in [3.8, 4) is 11.5 Å². The highest BCUT2D eigenvalue weighted by Gasteiger charge is 2.53. The van der Waals surface area contributed by atoms with Crippen molar-refractivity contribution >= 4 is 5.91 Å². The Morgan fingerprint density at radius 2 is 1.89 bits per heavy atom. The van der Waals surface area contributed by atoms with Gasteiger partial charge in [-0.1, -0.05) is 23.4 Å². The molecule has 2 saturated heterocycles. The molecule has 5 rings (SSSR count). The number of carbonyl (C=O) groups excluding carboxylic acids is 1. The molecule has 1 atom stereocenters. The maximum absolute atomic E-state index is 12.6. The third kappa shape index (κ3) is 2.86. The second-order valence-electron chi connectivity index (χ2n) is 7.75. The Hall–Kier alpha value is -3.13. The topological polar surface area (TPSA) is 88.3 Å². The predicted octanol–water partition coefficient (Wildman–Crippen LogP) is 2.05. The average Bonchev–Trinajstić information content (AvgIpc) is 3.32. The molecule has 0 radical (unpaired) electrons. The van der Waals surface area contributed by atoms with Crippen molar-refractivity contribution in [2.24, 2.45) is 5.41 Å². The minimum absolute atomic E-state index is 0.0109. The summed E-state index contributed by atoms with van der Waals surface area (Å²) < 4.78 is 5.48. The predicted molar refractivity (Wildman–Crippen MR) is 100 cm³/mol. The second-order valence-corrected chi connectivity index (χ2v) is 7.75. The lowest BCUT2D eigenvalue weighted by Crippen LogP contribution is -2.59. The Kier molecular flexibility index (Phi) is 3.94. The summed E-state index contributed by atoms with van der Waals surface area (Å²) >= 11 is 0. The number of carbonyl (C=O) groups is 1. The van der Waals surface area contributed by atoms with E-state index in [0.717, 1.165) is 31.6 Å². The summed E-state index contributed by atoms with van der Waals surface area (Å²) in [5.74, 6) is 1.24. The van der Waals surface area contributed by atoms with Gasteiger partial charge in [-0.25, -0.2) is 9.97 Å². The molecule has 3 aromatic rings. The molecule has 2 aliphatic heterocycles. The molecule has 8 heteroatoms. The zero-order chi connectivity index (χ0) is 19.1. The summed E-state index contributed by atoms with van der Waals surface area (Å²) in [4.78, 5) is 29.2. The summed E-state index contributed by atoms with van der Waals surface area (Å²) in [5.41, 5.74) is 1.53. The molecule has 8 nitrogen and oxygen atoms in total. The van der Waals surface area contributed by atoms with Gasteiger partial charge in [0.25, 0.3) is 11.8 Å². The van der Waals surface area contributed by atoms with Gasteiger partial charge in [-0.2, -0.15) is 4.98 Å². The molecular formula is C20H20N6O2. The number of amides is 1. The summed E-state index contributed by atoms with van der Waals surface area (Å²) in [6.45, 7) is 2.36. The van der Waals surface area contributed by atoms with Crippen LogP contribution in [-0.2, 0) is 0 Å². The quantitative estimate of drug-likeness (QED) is 0.691. The zero-order valence-corrected chi connectivity index (χ0v) is 15.5. The van der Waals surface area contributed by atoms with E-state index in [0.29, 0.717) is 17.3 Å². The molecule has 28 heavy (non-hydrogen) atoms. The number of aromatic nitrogens is 4. The minimum Gasteiger partial charge on any atom is -0.337 e. The number of likely N-dealkylation sites (tertiary alicyclic amines) is 2. The lowest BCUT2D eigenvalue weighted by atomic mass is 9.77. The van der Waals surface area contributed by atoms with Gasteiger partial charge in [-0.15, -0.1) is 0 Å². The Bertz CT molecular complexity index is 984. The maximum atomic E-state index is 12.6. The molecule has 0 aliphatic carbocycles. The molecule has 142 valence electrons. The van der Waals surface area contributed by atoms with Gasteiger partial charge in [0.15, 0.2) is 5.82 Å². The lowest BCUT2D eigenvalue weighted by Gasteiger charge is -2.48. The number of hydrogen-bond acceptors (Lipinski definition) is 7. The molecule has 2 aliphatic rings. The molecule has 2 fully saturated rings. The van der Waals surface area contributed by atoms with E-state index in [-0.39, 0.29) is 17.4 Å². The van der Waals surface area contributed by atoms with Crippen LogP contribution in [0.3, 0.4) is 0 Å². The first kappa shape index (κ1) is 17.0. The van der Waals surface area contributed by atoms with Gasteiger partial charge in [0.1, 0.15) is 6.33 Å². The monoisotopic (exact) mass is 376 g/mol. The van der Waals surface area contributed by atoms with Crippen LogP contribution in [0, 0.1) is 5.41 Å². The molecule has 4 heterocycles. The minimum atomic E-state index is -0.0109. The van der Waals surface area contributed by atoms with Crippen LogP contribution in [0.4, 0.5) is 0 Å². The molecule has 1 spiro atoms. The van der Waals surface area contributed by atoms with Gasteiger partial charge < -0.3 is 9.42 Å². The van der Waals surface area contributed by atoms with Gasteiger partial charge in [-0.3, -0.25) is 9.69 Å². The van der Waals surface area contributed by atoms with Crippen LogP contribution >= 0.6 is 0 Å². The average molecular weight is 376 g/mol. The highest BCUT2D eigenvalue weighted by Crippen LogP contribution is 2.47. The standard InChI is InChI=1S/C20H20N6O2/c1-25-10-20(11-26(12-20)19(27)15-8-21-13-22-9-15)7-16(25)17-23-18(28-24-17)14-5-3-2-4-6-14/h2-6,8-9,13,16H,7,10-12H2,1H3. The number of hydrogen-bond donors (Lipinski definition) is 0. The molecule has 0 N–H and O–H groups in total. The van der Waals surface area contributed by atoms with Crippen LogP contribution in [0.15, 0.2) is 53.6 Å². The van der Waals surface area contributed by atoms with Gasteiger partial charge >= 0.3 is 0 Å². The van der Waals surface area contributed by atoms with E-state index in [4.69, 9.17) is 4.52 Å². The van der Waals surface area contributed by atoms with E-state index in [1.807, 2.05) is 35.2 Å². The van der Waals surface area contributed by atoms with Crippen molar-refractivity contribution in [1.29, 1.82) is 0 Å². The fourth-order valence-electron chi connectivity index (χ4n) is 4.35. The van der Waals surface area contributed by atoms with Crippen molar-refractivity contribution in [2.45, 2.75) is 12.5 Å². The number of nitrogens with zero attached hydrogens (tertiary/aromatic N) is 6. The fraction of sp³-hybridized carbons (Fsp3) is 0.350. The van der Waals surface area contributed by atoms with Crippen molar-refractivity contribution in [3.05, 3.63) is 60.4 Å². The van der Waals surface area contributed by atoms with Crippen LogP contribution in [0.5, 0.6) is 0 Å². The first-order valence-corrected chi connectivity index (χ1v) is 9.27. The summed E-state index contributed by atoms with van der Waals surface area (Å²) in [6.07, 6.45) is 5.47. The molecule has 1 unspecified atom stereocenters. The first-order valence-electron chi connectivity index (χ1n) is 9.27. The van der Waals surface area contributed by atoms with Crippen molar-refractivity contribution < 1.29 is 9.32 Å². The molecule has 1 aromatic carbocycles. The summed E-state index contributed by atoms with van der Waals surface area (Å²) in [6, 6.07) is 9.88. The normalized spacial score (nSPS) is 21.0. The van der Waals surface area contributed by atoms with E-state index in [1.165, 1.54) is 6.33 Å². The third-order valence-corrected chi connectivity index (χ3v) is 5.65. The number of benzene rings is 1. The maximum Gasteiger partial charge on any atom is 0.257 e. The summed E-state index contributed by atoms with van der Waals surface area (Å²) in [5, 5.41) is 4.23.